The van der Waals surface area contributed by atoms with Gasteiger partial charge in [0, 0.05) is 28.9 Å². The Labute approximate surface area is 158 Å². The van der Waals surface area contributed by atoms with Gasteiger partial charge in [0.15, 0.2) is 5.65 Å². The van der Waals surface area contributed by atoms with E-state index in [0.29, 0.717) is 42.7 Å². The molecule has 0 bridgehead atoms. The summed E-state index contributed by atoms with van der Waals surface area (Å²) in [5.41, 5.74) is 3.26. The van der Waals surface area contributed by atoms with Gasteiger partial charge >= 0.3 is 5.69 Å². The number of nitrogens with one attached hydrogen (secondary N) is 2. The Morgan fingerprint density at radius 2 is 2.22 bits per heavy atom. The van der Waals surface area contributed by atoms with Gasteiger partial charge in [0.25, 0.3) is 0 Å². The molecule has 4 aromatic heterocycles. The first-order valence-electron chi connectivity index (χ1n) is 8.61. The predicted molar refractivity (Wildman–Crippen MR) is 101 cm³/mol. The summed E-state index contributed by atoms with van der Waals surface area (Å²) in [5.74, 6) is 0. The lowest BCUT2D eigenvalue weighted by molar-refractivity contribution is -0.0934. The monoisotopic (exact) mass is 385 g/mol. The smallest absolute Gasteiger partial charge is 0.327 e. The molecule has 1 aliphatic heterocycles. The minimum atomic E-state index is -0.228. The lowest BCUT2D eigenvalue weighted by atomic mass is 10.1. The highest BCUT2D eigenvalue weighted by atomic mass is 35.5. The van der Waals surface area contributed by atoms with Crippen LogP contribution in [0.5, 0.6) is 0 Å². The minimum Gasteiger partial charge on any atom is -0.376 e. The number of rotatable bonds is 3. The van der Waals surface area contributed by atoms with Crippen molar-refractivity contribution < 1.29 is 9.47 Å². The van der Waals surface area contributed by atoms with Crippen LogP contribution in [0.4, 0.5) is 0 Å². The van der Waals surface area contributed by atoms with Gasteiger partial charge in [0.2, 0.25) is 0 Å². The number of fused-ring (bicyclic) bond motifs is 2. The molecule has 27 heavy (non-hydrogen) atoms. The summed E-state index contributed by atoms with van der Waals surface area (Å²) in [7, 11) is 0. The number of imidazole rings is 1. The summed E-state index contributed by atoms with van der Waals surface area (Å²) < 4.78 is 12.7. The molecule has 5 heterocycles. The minimum absolute atomic E-state index is 0.166. The van der Waals surface area contributed by atoms with Crippen LogP contribution in [-0.2, 0) is 16.0 Å². The number of ether oxygens (including phenoxy) is 2. The Hall–Kier alpha value is -2.68. The average Bonchev–Trinajstić information content (AvgIpc) is 3.25. The normalized spacial score (nSPS) is 17.7. The molecule has 138 valence electrons. The predicted octanol–water partition coefficient (Wildman–Crippen LogP) is 2.34. The highest BCUT2D eigenvalue weighted by Crippen LogP contribution is 2.30. The summed E-state index contributed by atoms with van der Waals surface area (Å²) in [6.07, 6.45) is 3.33. The zero-order chi connectivity index (χ0) is 18.4. The molecule has 0 radical (unpaired) electrons. The van der Waals surface area contributed by atoms with E-state index in [-0.39, 0.29) is 11.8 Å². The molecule has 0 aromatic carbocycles. The Morgan fingerprint density at radius 1 is 1.30 bits per heavy atom. The van der Waals surface area contributed by atoms with E-state index in [1.807, 2.05) is 24.4 Å². The van der Waals surface area contributed by atoms with E-state index in [9.17, 15) is 4.79 Å². The number of H-pyrrole nitrogens is 2. The molecule has 0 spiro atoms. The highest BCUT2D eigenvalue weighted by molar-refractivity contribution is 6.32. The molecule has 8 nitrogen and oxygen atoms in total. The van der Waals surface area contributed by atoms with Gasteiger partial charge in [-0.1, -0.05) is 11.6 Å². The van der Waals surface area contributed by atoms with E-state index in [1.54, 1.807) is 10.8 Å². The molecule has 1 aliphatic rings. The number of pyridine rings is 2. The maximum Gasteiger partial charge on any atom is 0.327 e. The van der Waals surface area contributed by atoms with Crippen LogP contribution in [0.25, 0.3) is 33.3 Å². The lowest BCUT2D eigenvalue weighted by Gasteiger charge is -2.23. The first-order chi connectivity index (χ1) is 13.2. The molecule has 0 saturated carbocycles. The first kappa shape index (κ1) is 16.5. The molecule has 0 unspecified atom stereocenters. The fourth-order valence-corrected chi connectivity index (χ4v) is 3.62. The van der Waals surface area contributed by atoms with Crippen molar-refractivity contribution in [2.24, 2.45) is 0 Å². The Kier molecular flexibility index (Phi) is 3.96. The van der Waals surface area contributed by atoms with Crippen LogP contribution in [0.1, 0.15) is 0 Å². The standard InChI is InChI=1S/C18H16ClN5O3/c19-15-13(5-10-1-2-20-16(10)22-15)11-6-14-17(21-7-11)23-18(25)24(14)8-12-9-26-3-4-27-12/h1-2,5-7,12H,3-4,8-9H2,(H,20,22)(H,21,23,25)/t12-/m0/s1. The molecule has 0 aliphatic carbocycles. The number of aromatic amines is 2. The van der Waals surface area contributed by atoms with Gasteiger partial charge in [0.1, 0.15) is 10.8 Å². The Bertz CT molecular complexity index is 1190. The second-order valence-corrected chi connectivity index (χ2v) is 6.80. The molecule has 0 amide bonds. The van der Waals surface area contributed by atoms with Gasteiger partial charge in [-0.15, -0.1) is 0 Å². The van der Waals surface area contributed by atoms with E-state index in [0.717, 1.165) is 22.2 Å². The summed E-state index contributed by atoms with van der Waals surface area (Å²) in [6, 6.07) is 5.78. The third-order valence-electron chi connectivity index (χ3n) is 4.70. The number of hydrogen-bond acceptors (Lipinski definition) is 5. The van der Waals surface area contributed by atoms with Crippen LogP contribution in [0.15, 0.2) is 35.4 Å². The summed E-state index contributed by atoms with van der Waals surface area (Å²) in [4.78, 5) is 27.0. The number of halogens is 1. The topological polar surface area (TPSA) is 97.8 Å². The zero-order valence-electron chi connectivity index (χ0n) is 14.2. The molecule has 1 saturated heterocycles. The third kappa shape index (κ3) is 2.91. The second-order valence-electron chi connectivity index (χ2n) is 6.44. The molecule has 5 rings (SSSR count). The van der Waals surface area contributed by atoms with Crippen LogP contribution in [-0.4, -0.2) is 50.4 Å². The fraction of sp³-hybridized carbons (Fsp3) is 0.278. The highest BCUT2D eigenvalue weighted by Gasteiger charge is 2.19. The largest absolute Gasteiger partial charge is 0.376 e. The third-order valence-corrected chi connectivity index (χ3v) is 4.99. The first-order valence-corrected chi connectivity index (χ1v) is 8.99. The van der Waals surface area contributed by atoms with Crippen LogP contribution in [0, 0.1) is 0 Å². The van der Waals surface area contributed by atoms with Crippen LogP contribution in [0.3, 0.4) is 0 Å². The molecule has 1 fully saturated rings. The summed E-state index contributed by atoms with van der Waals surface area (Å²) >= 11 is 6.37. The van der Waals surface area contributed by atoms with Crippen molar-refractivity contribution in [3.63, 3.8) is 0 Å². The van der Waals surface area contributed by atoms with Crippen molar-refractivity contribution >= 4 is 33.8 Å². The van der Waals surface area contributed by atoms with Gasteiger partial charge in [0.05, 0.1) is 38.0 Å². The van der Waals surface area contributed by atoms with Crippen molar-refractivity contribution in [3.05, 3.63) is 46.2 Å². The Morgan fingerprint density at radius 3 is 3.07 bits per heavy atom. The average molecular weight is 386 g/mol. The summed E-state index contributed by atoms with van der Waals surface area (Å²) in [5, 5.41) is 1.33. The van der Waals surface area contributed by atoms with Crippen LogP contribution < -0.4 is 5.69 Å². The number of hydrogen-bond donors (Lipinski definition) is 2. The van der Waals surface area contributed by atoms with E-state index in [1.165, 1.54) is 0 Å². The summed E-state index contributed by atoms with van der Waals surface area (Å²) in [6.45, 7) is 1.97. The Balaban J connectivity index is 1.60. The van der Waals surface area contributed by atoms with Gasteiger partial charge in [-0.25, -0.2) is 14.8 Å². The lowest BCUT2D eigenvalue weighted by Crippen LogP contribution is -2.34. The van der Waals surface area contributed by atoms with E-state index < -0.39 is 0 Å². The second kappa shape index (κ2) is 6.49. The van der Waals surface area contributed by atoms with Gasteiger partial charge in [-0.3, -0.25) is 9.55 Å². The molecule has 4 aromatic rings. The van der Waals surface area contributed by atoms with Crippen molar-refractivity contribution in [2.75, 3.05) is 19.8 Å². The molecule has 2 N–H and O–H groups in total. The van der Waals surface area contributed by atoms with Gasteiger partial charge < -0.3 is 14.5 Å². The van der Waals surface area contributed by atoms with Gasteiger partial charge in [-0.05, 0) is 18.2 Å². The number of nitrogens with zero attached hydrogens (tertiary/aromatic N) is 3. The van der Waals surface area contributed by atoms with Crippen LogP contribution >= 0.6 is 11.6 Å². The quantitative estimate of drug-likeness (QED) is 0.527. The SMILES string of the molecule is O=c1[nH]c2ncc(-c3cc4cc[nH]c4nc3Cl)cc2n1C[C@H]1COCCO1. The molecular formula is C18H16ClN5O3. The zero-order valence-corrected chi connectivity index (χ0v) is 15.0. The van der Waals surface area contributed by atoms with Crippen molar-refractivity contribution in [1.29, 1.82) is 0 Å². The molecule has 9 heteroatoms. The maximum atomic E-state index is 12.4. The van der Waals surface area contributed by atoms with E-state index in [2.05, 4.69) is 19.9 Å². The van der Waals surface area contributed by atoms with Crippen molar-refractivity contribution in [1.82, 2.24) is 24.5 Å². The molecular weight excluding hydrogens is 370 g/mol. The van der Waals surface area contributed by atoms with E-state index in [4.69, 9.17) is 21.1 Å². The van der Waals surface area contributed by atoms with E-state index >= 15 is 0 Å². The van der Waals surface area contributed by atoms with Gasteiger partial charge in [-0.2, -0.15) is 0 Å². The maximum absolute atomic E-state index is 12.4. The van der Waals surface area contributed by atoms with Crippen LogP contribution in [0.2, 0.25) is 5.15 Å². The fourth-order valence-electron chi connectivity index (χ4n) is 3.37. The number of aromatic nitrogens is 5. The molecule has 1 atom stereocenters. The van der Waals surface area contributed by atoms with Crippen molar-refractivity contribution in [2.45, 2.75) is 12.6 Å². The van der Waals surface area contributed by atoms with Crippen molar-refractivity contribution in [3.8, 4) is 11.1 Å².